The number of piperazine rings is 1. The van der Waals surface area contributed by atoms with Crippen LogP contribution in [0.2, 0.25) is 0 Å². The predicted octanol–water partition coefficient (Wildman–Crippen LogP) is 3.00. The zero-order valence-corrected chi connectivity index (χ0v) is 20.1. The van der Waals surface area contributed by atoms with E-state index in [2.05, 4.69) is 10.2 Å². The first kappa shape index (κ1) is 24.3. The number of fused-ring (bicyclic) bond motifs is 1. The monoisotopic (exact) mass is 480 g/mol. The second-order valence-corrected chi connectivity index (χ2v) is 8.77. The summed E-state index contributed by atoms with van der Waals surface area (Å²) in [5.74, 6) is -1.29. The van der Waals surface area contributed by atoms with Crippen LogP contribution in [0.4, 0.5) is 21.5 Å². The minimum atomic E-state index is -0.467. The van der Waals surface area contributed by atoms with Gasteiger partial charge in [0.25, 0.3) is 5.91 Å². The van der Waals surface area contributed by atoms with Crippen molar-refractivity contribution >= 4 is 34.8 Å². The molecule has 0 spiro atoms. The van der Waals surface area contributed by atoms with Crippen molar-refractivity contribution in [3.63, 3.8) is 0 Å². The first-order valence-corrected chi connectivity index (χ1v) is 11.5. The van der Waals surface area contributed by atoms with Gasteiger partial charge in [-0.25, -0.2) is 4.39 Å². The second-order valence-electron chi connectivity index (χ2n) is 8.77. The highest BCUT2D eigenvalue weighted by Crippen LogP contribution is 2.33. The lowest BCUT2D eigenvalue weighted by molar-refractivity contribution is -0.139. The molecule has 0 saturated carbocycles. The largest absolute Gasteiger partial charge is 0.469 e. The fourth-order valence-corrected chi connectivity index (χ4v) is 4.27. The molecule has 0 bridgehead atoms. The number of carbonyl (C=O) groups excluding carboxylic acids is 3. The van der Waals surface area contributed by atoms with Crippen LogP contribution in [-0.2, 0) is 19.1 Å². The van der Waals surface area contributed by atoms with Crippen molar-refractivity contribution in [3.8, 4) is 0 Å². The van der Waals surface area contributed by atoms with E-state index in [-0.39, 0.29) is 30.6 Å². The average molecular weight is 481 g/mol. The van der Waals surface area contributed by atoms with E-state index in [0.717, 1.165) is 16.8 Å². The van der Waals surface area contributed by atoms with Crippen LogP contribution in [0.25, 0.3) is 0 Å². The fraction of sp³-hybridized carbons (Fsp3) is 0.346. The molecule has 35 heavy (non-hydrogen) atoms. The van der Waals surface area contributed by atoms with Gasteiger partial charge in [-0.05, 0) is 61.4 Å². The van der Waals surface area contributed by atoms with Gasteiger partial charge in [0.15, 0.2) is 0 Å². The number of esters is 1. The Morgan fingerprint density at radius 1 is 1.03 bits per heavy atom. The van der Waals surface area contributed by atoms with E-state index in [1.807, 2.05) is 26.0 Å². The molecule has 9 heteroatoms. The maximum absolute atomic E-state index is 13.2. The van der Waals surface area contributed by atoms with Gasteiger partial charge in [-0.2, -0.15) is 0 Å². The number of amides is 2. The minimum Gasteiger partial charge on any atom is -0.469 e. The van der Waals surface area contributed by atoms with Crippen molar-refractivity contribution in [1.29, 1.82) is 0 Å². The van der Waals surface area contributed by atoms with E-state index < -0.39 is 5.97 Å². The molecular formula is C26H29FN4O4. The molecule has 8 nitrogen and oxygen atoms in total. The Morgan fingerprint density at radius 2 is 1.69 bits per heavy atom. The highest BCUT2D eigenvalue weighted by atomic mass is 19.1. The maximum atomic E-state index is 13.2. The summed E-state index contributed by atoms with van der Waals surface area (Å²) < 4.78 is 18.0. The molecular weight excluding hydrogens is 451 g/mol. The number of halogens is 1. The van der Waals surface area contributed by atoms with E-state index in [0.29, 0.717) is 43.3 Å². The van der Waals surface area contributed by atoms with E-state index in [1.54, 1.807) is 17.0 Å². The van der Waals surface area contributed by atoms with E-state index in [9.17, 15) is 18.8 Å². The first-order chi connectivity index (χ1) is 16.7. The maximum Gasteiger partial charge on any atom is 0.311 e. The van der Waals surface area contributed by atoms with Crippen LogP contribution in [0.1, 0.15) is 17.5 Å². The van der Waals surface area contributed by atoms with Gasteiger partial charge in [0.1, 0.15) is 12.4 Å². The van der Waals surface area contributed by atoms with Gasteiger partial charge >= 0.3 is 5.97 Å². The van der Waals surface area contributed by atoms with Crippen LogP contribution in [-0.4, -0.2) is 62.5 Å². The molecule has 0 aliphatic carbocycles. The summed E-state index contributed by atoms with van der Waals surface area (Å²) in [4.78, 5) is 43.5. The van der Waals surface area contributed by atoms with Crippen molar-refractivity contribution in [2.45, 2.75) is 20.3 Å². The summed E-state index contributed by atoms with van der Waals surface area (Å²) in [7, 11) is 1.30. The lowest BCUT2D eigenvalue weighted by Crippen LogP contribution is -2.52. The molecule has 0 atom stereocenters. The number of aryl methyl sites for hydroxylation is 2. The molecule has 2 aliphatic heterocycles. The first-order valence-electron chi connectivity index (χ1n) is 11.5. The molecule has 0 radical (unpaired) electrons. The molecule has 1 saturated heterocycles. The van der Waals surface area contributed by atoms with Gasteiger partial charge in [-0.1, -0.05) is 0 Å². The third-order valence-corrected chi connectivity index (χ3v) is 6.44. The molecule has 2 aromatic rings. The topological polar surface area (TPSA) is 82.2 Å². The minimum absolute atomic E-state index is 0.0816. The Hall–Kier alpha value is -3.88. The van der Waals surface area contributed by atoms with E-state index in [4.69, 9.17) is 4.74 Å². The average Bonchev–Trinajstić information content (AvgIpc) is 2.96. The van der Waals surface area contributed by atoms with Crippen LogP contribution < -0.4 is 15.1 Å². The number of nitrogens with zero attached hydrogens (tertiary/aromatic N) is 3. The number of hydrogen-bond donors (Lipinski definition) is 1. The number of methoxy groups -OCH3 is 1. The summed E-state index contributed by atoms with van der Waals surface area (Å²) in [5.41, 5.74) is 4.58. The Labute approximate surface area is 203 Å². The highest BCUT2D eigenvalue weighted by Gasteiger charge is 2.29. The third kappa shape index (κ3) is 5.45. The molecule has 0 aromatic heterocycles. The molecule has 2 aliphatic rings. The highest BCUT2D eigenvalue weighted by molar-refractivity contribution is 6.09. The summed E-state index contributed by atoms with van der Waals surface area (Å²) in [6, 6.07) is 10.1. The number of carbonyl (C=O) groups is 3. The van der Waals surface area contributed by atoms with Crippen molar-refractivity contribution in [2.24, 2.45) is 0 Å². The van der Waals surface area contributed by atoms with Crippen LogP contribution >= 0.6 is 0 Å². The summed E-state index contributed by atoms with van der Waals surface area (Å²) in [5, 5.41) is 3.17. The van der Waals surface area contributed by atoms with Gasteiger partial charge in [0.05, 0.1) is 24.9 Å². The normalized spacial score (nSPS) is 15.7. The Bertz CT molecular complexity index is 1170. The zero-order chi connectivity index (χ0) is 25.1. The Balaban J connectivity index is 1.51. The smallest absolute Gasteiger partial charge is 0.311 e. The van der Waals surface area contributed by atoms with Crippen LogP contribution in [0.5, 0.6) is 0 Å². The van der Waals surface area contributed by atoms with Gasteiger partial charge in [-0.3, -0.25) is 19.3 Å². The van der Waals surface area contributed by atoms with E-state index in [1.165, 1.54) is 30.2 Å². The molecule has 2 aromatic carbocycles. The molecule has 0 unspecified atom stereocenters. The molecule has 2 amide bonds. The van der Waals surface area contributed by atoms with E-state index >= 15 is 0 Å². The van der Waals surface area contributed by atoms with Crippen molar-refractivity contribution in [1.82, 2.24) is 4.90 Å². The predicted molar refractivity (Wildman–Crippen MR) is 132 cm³/mol. The van der Waals surface area contributed by atoms with Gasteiger partial charge in [0.2, 0.25) is 5.91 Å². The molecule has 2 heterocycles. The van der Waals surface area contributed by atoms with Gasteiger partial charge < -0.3 is 19.9 Å². The number of rotatable bonds is 5. The fourth-order valence-electron chi connectivity index (χ4n) is 4.27. The standard InChI is InChI=1S/C26H29FN4O4/c1-17-12-22-23(13-18(17)2)31(24(32)14-20(28-22)15-26(34)35-3)16-25(33)30-10-8-29(9-11-30)21-6-4-19(27)5-7-21/h4-7,12-14,28H,8-11,15-16H2,1-3H3. The van der Waals surface area contributed by atoms with Crippen LogP contribution in [0, 0.1) is 19.7 Å². The summed E-state index contributed by atoms with van der Waals surface area (Å²) in [6.45, 7) is 6.02. The van der Waals surface area contributed by atoms with Crippen molar-refractivity contribution in [3.05, 3.63) is 65.1 Å². The lowest BCUT2D eigenvalue weighted by Gasteiger charge is -2.37. The number of hydrogen-bond acceptors (Lipinski definition) is 6. The third-order valence-electron chi connectivity index (χ3n) is 6.44. The summed E-state index contributed by atoms with van der Waals surface area (Å²) >= 11 is 0. The lowest BCUT2D eigenvalue weighted by atomic mass is 10.1. The number of nitrogens with one attached hydrogen (secondary N) is 1. The summed E-state index contributed by atoms with van der Waals surface area (Å²) in [6.07, 6.45) is 1.27. The molecule has 184 valence electrons. The Kier molecular flexibility index (Phi) is 7.04. The van der Waals surface area contributed by atoms with Crippen LogP contribution in [0.15, 0.2) is 48.2 Å². The zero-order valence-electron chi connectivity index (χ0n) is 20.1. The SMILES string of the molecule is COC(=O)CC1=CC(=O)N(CC(=O)N2CCN(c3ccc(F)cc3)CC2)c2cc(C)c(C)cc2N1. The molecule has 4 rings (SSSR count). The van der Waals surface area contributed by atoms with Gasteiger partial charge in [0, 0.05) is 43.6 Å². The van der Waals surface area contributed by atoms with Crippen molar-refractivity contribution < 1.29 is 23.5 Å². The van der Waals surface area contributed by atoms with Crippen LogP contribution in [0.3, 0.4) is 0 Å². The molecule has 1 N–H and O–H groups in total. The van der Waals surface area contributed by atoms with Gasteiger partial charge in [-0.15, -0.1) is 0 Å². The molecule has 1 fully saturated rings. The Morgan fingerprint density at radius 3 is 2.34 bits per heavy atom. The quantitative estimate of drug-likeness (QED) is 0.663. The number of ether oxygens (including phenoxy) is 1. The number of anilines is 3. The number of benzene rings is 2. The van der Waals surface area contributed by atoms with Crippen molar-refractivity contribution in [2.75, 3.05) is 55.0 Å². The second kappa shape index (κ2) is 10.2.